The molecule has 0 unspecified atom stereocenters. The lowest BCUT2D eigenvalue weighted by molar-refractivity contribution is 0.162. The largest absolute Gasteiger partial charge is 0.481 e. The smallest absolute Gasteiger partial charge is 0.436 e. The zero-order valence-electron chi connectivity index (χ0n) is 8.66. The molecule has 13 heavy (non-hydrogen) atoms. The molecule has 0 aromatic rings. The molecule has 4 nitrogen and oxygen atoms in total. The molecule has 0 aliphatic rings. The summed E-state index contributed by atoms with van der Waals surface area (Å²) in [6, 6.07) is 0. The van der Waals surface area contributed by atoms with E-state index < -0.39 is 6.09 Å². The molecule has 0 aliphatic carbocycles. The van der Waals surface area contributed by atoms with Gasteiger partial charge in [0, 0.05) is 5.92 Å². The molecule has 1 amide bonds. The van der Waals surface area contributed by atoms with Crippen molar-refractivity contribution in [2.45, 2.75) is 27.7 Å². The van der Waals surface area contributed by atoms with E-state index in [0.29, 0.717) is 19.1 Å². The minimum atomic E-state index is -0.584. The Bertz CT molecular complexity index is 187. The van der Waals surface area contributed by atoms with Gasteiger partial charge in [-0.15, -0.1) is 4.99 Å². The molecule has 0 fully saturated rings. The Hall–Kier alpha value is -1.06. The molecule has 0 bridgehead atoms. The Morgan fingerprint density at radius 1 is 1.23 bits per heavy atom. The molecule has 0 aliphatic heterocycles. The topological polar surface area (TPSA) is 47.9 Å². The monoisotopic (exact) mass is 187 g/mol. The van der Waals surface area contributed by atoms with Crippen LogP contribution in [0.1, 0.15) is 27.7 Å². The van der Waals surface area contributed by atoms with Crippen molar-refractivity contribution in [2.24, 2.45) is 10.9 Å². The number of hydrogen-bond donors (Lipinski definition) is 0. The van der Waals surface area contributed by atoms with Crippen molar-refractivity contribution in [3.63, 3.8) is 0 Å². The molecule has 0 N–H and O–H groups in total. The highest BCUT2D eigenvalue weighted by molar-refractivity contribution is 5.89. The number of nitrogens with zero attached hydrogens (tertiary/aromatic N) is 1. The summed E-state index contributed by atoms with van der Waals surface area (Å²) in [6.07, 6.45) is -0.584. The van der Waals surface area contributed by atoms with Crippen molar-refractivity contribution in [2.75, 3.05) is 13.2 Å². The van der Waals surface area contributed by atoms with Gasteiger partial charge in [0.1, 0.15) is 0 Å². The molecule has 4 heteroatoms. The first-order chi connectivity index (χ1) is 6.11. The van der Waals surface area contributed by atoms with Gasteiger partial charge in [0.15, 0.2) is 5.90 Å². The molecular formula is C9H17NO3. The minimum Gasteiger partial charge on any atom is -0.481 e. The lowest BCUT2D eigenvalue weighted by Gasteiger charge is -2.09. The standard InChI is InChI=1S/C9H17NO3/c1-5-12-8(7(3)4)10-9(11)13-6-2/h7H,5-6H2,1-4H3. The maximum Gasteiger partial charge on any atom is 0.436 e. The van der Waals surface area contributed by atoms with Gasteiger partial charge < -0.3 is 9.47 Å². The Labute approximate surface area is 78.9 Å². The lowest BCUT2D eigenvalue weighted by Crippen LogP contribution is -2.15. The van der Waals surface area contributed by atoms with Gasteiger partial charge in [0.25, 0.3) is 0 Å². The van der Waals surface area contributed by atoms with Crippen LogP contribution < -0.4 is 0 Å². The molecule has 76 valence electrons. The fourth-order valence-electron chi connectivity index (χ4n) is 0.722. The van der Waals surface area contributed by atoms with E-state index >= 15 is 0 Å². The number of ether oxygens (including phenoxy) is 2. The number of carbonyl (C=O) groups is 1. The normalized spacial score (nSPS) is 11.6. The predicted octanol–water partition coefficient (Wildman–Crippen LogP) is 2.23. The van der Waals surface area contributed by atoms with Crippen LogP contribution in [0.15, 0.2) is 4.99 Å². The van der Waals surface area contributed by atoms with E-state index in [4.69, 9.17) is 4.74 Å². The van der Waals surface area contributed by atoms with Crippen molar-refractivity contribution >= 4 is 12.0 Å². The highest BCUT2D eigenvalue weighted by atomic mass is 16.6. The molecule has 0 saturated heterocycles. The summed E-state index contributed by atoms with van der Waals surface area (Å²) in [5.74, 6) is 0.533. The van der Waals surface area contributed by atoms with Crippen molar-refractivity contribution in [3.05, 3.63) is 0 Å². The van der Waals surface area contributed by atoms with Gasteiger partial charge in [-0.25, -0.2) is 4.79 Å². The summed E-state index contributed by atoms with van der Waals surface area (Å²) < 4.78 is 9.83. The van der Waals surface area contributed by atoms with Crippen LogP contribution in [0, 0.1) is 5.92 Å². The number of carbonyl (C=O) groups excluding carboxylic acids is 1. The predicted molar refractivity (Wildman–Crippen MR) is 50.9 cm³/mol. The van der Waals surface area contributed by atoms with Crippen molar-refractivity contribution in [1.29, 1.82) is 0 Å². The minimum absolute atomic E-state index is 0.101. The summed E-state index contributed by atoms with van der Waals surface area (Å²) in [4.78, 5) is 14.6. The Morgan fingerprint density at radius 3 is 2.15 bits per heavy atom. The van der Waals surface area contributed by atoms with Crippen LogP contribution in [0.4, 0.5) is 4.79 Å². The maximum atomic E-state index is 10.9. The number of rotatable bonds is 3. The van der Waals surface area contributed by atoms with Gasteiger partial charge in [-0.3, -0.25) is 0 Å². The molecule has 0 heterocycles. The lowest BCUT2D eigenvalue weighted by atomic mass is 10.2. The van der Waals surface area contributed by atoms with E-state index in [1.54, 1.807) is 6.92 Å². The fourth-order valence-corrected chi connectivity index (χ4v) is 0.722. The van der Waals surface area contributed by atoms with Crippen LogP contribution in [0.5, 0.6) is 0 Å². The van der Waals surface area contributed by atoms with Crippen molar-refractivity contribution < 1.29 is 14.3 Å². The third-order valence-corrected chi connectivity index (χ3v) is 1.26. The number of amides is 1. The Morgan fingerprint density at radius 2 is 1.77 bits per heavy atom. The highest BCUT2D eigenvalue weighted by Crippen LogP contribution is 2.00. The Balaban J connectivity index is 4.25. The van der Waals surface area contributed by atoms with Crippen LogP contribution in [0.3, 0.4) is 0 Å². The van der Waals surface area contributed by atoms with Crippen molar-refractivity contribution in [3.8, 4) is 0 Å². The molecule has 0 rings (SSSR count). The van der Waals surface area contributed by atoms with Crippen LogP contribution in [0.25, 0.3) is 0 Å². The highest BCUT2D eigenvalue weighted by Gasteiger charge is 2.09. The summed E-state index contributed by atoms with van der Waals surface area (Å²) in [5, 5.41) is 0. The summed E-state index contributed by atoms with van der Waals surface area (Å²) >= 11 is 0. The molecule has 0 aromatic heterocycles. The average Bonchev–Trinajstić information content (AvgIpc) is 2.04. The van der Waals surface area contributed by atoms with Crippen molar-refractivity contribution in [1.82, 2.24) is 0 Å². The second-order valence-electron chi connectivity index (χ2n) is 2.74. The van der Waals surface area contributed by atoms with E-state index in [-0.39, 0.29) is 5.92 Å². The van der Waals surface area contributed by atoms with E-state index in [1.807, 2.05) is 20.8 Å². The van der Waals surface area contributed by atoms with Crippen LogP contribution in [-0.2, 0) is 9.47 Å². The maximum absolute atomic E-state index is 10.9. The quantitative estimate of drug-likeness (QED) is 0.503. The molecule has 0 saturated carbocycles. The van der Waals surface area contributed by atoms with E-state index in [0.717, 1.165) is 0 Å². The van der Waals surface area contributed by atoms with E-state index in [2.05, 4.69) is 9.73 Å². The zero-order valence-corrected chi connectivity index (χ0v) is 8.66. The fraction of sp³-hybridized carbons (Fsp3) is 0.778. The van der Waals surface area contributed by atoms with Crippen LogP contribution in [-0.4, -0.2) is 25.2 Å². The van der Waals surface area contributed by atoms with E-state index in [1.165, 1.54) is 0 Å². The molecule has 0 atom stereocenters. The van der Waals surface area contributed by atoms with E-state index in [9.17, 15) is 4.79 Å². The molecular weight excluding hydrogens is 170 g/mol. The first-order valence-electron chi connectivity index (χ1n) is 4.49. The second-order valence-corrected chi connectivity index (χ2v) is 2.74. The van der Waals surface area contributed by atoms with Gasteiger partial charge in [-0.05, 0) is 13.8 Å². The first-order valence-corrected chi connectivity index (χ1v) is 4.49. The van der Waals surface area contributed by atoms with Crippen LogP contribution >= 0.6 is 0 Å². The average molecular weight is 187 g/mol. The van der Waals surface area contributed by atoms with Gasteiger partial charge >= 0.3 is 6.09 Å². The first kappa shape index (κ1) is 11.9. The second kappa shape index (κ2) is 6.46. The Kier molecular flexibility index (Phi) is 5.93. The summed E-state index contributed by atoms with van der Waals surface area (Å²) in [5.41, 5.74) is 0. The SMILES string of the molecule is CCOC(=O)N=C(OCC)C(C)C. The van der Waals surface area contributed by atoms with Gasteiger partial charge in [-0.2, -0.15) is 0 Å². The molecule has 0 aromatic carbocycles. The molecule has 0 radical (unpaired) electrons. The molecule has 0 spiro atoms. The van der Waals surface area contributed by atoms with Crippen LogP contribution in [0.2, 0.25) is 0 Å². The third-order valence-electron chi connectivity index (χ3n) is 1.26. The number of aliphatic imine (C=N–C) groups is 1. The van der Waals surface area contributed by atoms with Gasteiger partial charge in [0.05, 0.1) is 13.2 Å². The zero-order chi connectivity index (χ0) is 10.3. The van der Waals surface area contributed by atoms with Gasteiger partial charge in [0.2, 0.25) is 0 Å². The summed E-state index contributed by atoms with van der Waals surface area (Å²) in [6.45, 7) is 8.25. The van der Waals surface area contributed by atoms with Gasteiger partial charge in [-0.1, -0.05) is 13.8 Å². The number of hydrogen-bond acceptors (Lipinski definition) is 3. The third kappa shape index (κ3) is 5.22. The summed E-state index contributed by atoms with van der Waals surface area (Å²) in [7, 11) is 0.